The summed E-state index contributed by atoms with van der Waals surface area (Å²) in [7, 11) is 0. The molecule has 1 unspecified atom stereocenters. The standard InChI is InChI=1S/C16H17F3N4/c1-10-3-2-8-23(9-10)13-6-7-20-16(22-13)21-12-5-4-11(17)14(18)15(12)19/h4-7,10H,2-3,8-9H2,1H3,(H,20,21,22). The lowest BCUT2D eigenvalue weighted by atomic mass is 10.0. The van der Waals surface area contributed by atoms with Gasteiger partial charge in [-0.1, -0.05) is 6.92 Å². The van der Waals surface area contributed by atoms with Crippen molar-refractivity contribution in [3.63, 3.8) is 0 Å². The van der Waals surface area contributed by atoms with E-state index in [-0.39, 0.29) is 11.6 Å². The maximum atomic E-state index is 13.7. The van der Waals surface area contributed by atoms with Crippen molar-refractivity contribution in [2.45, 2.75) is 19.8 Å². The molecule has 0 saturated carbocycles. The topological polar surface area (TPSA) is 41.1 Å². The van der Waals surface area contributed by atoms with Crippen molar-refractivity contribution in [2.24, 2.45) is 5.92 Å². The van der Waals surface area contributed by atoms with Gasteiger partial charge in [0.25, 0.3) is 0 Å². The minimum absolute atomic E-state index is 0.144. The number of piperidine rings is 1. The van der Waals surface area contributed by atoms with Gasteiger partial charge in [0.05, 0.1) is 5.69 Å². The Kier molecular flexibility index (Phi) is 4.36. The Bertz CT molecular complexity index is 708. The Hall–Kier alpha value is -2.31. The molecule has 1 atom stereocenters. The van der Waals surface area contributed by atoms with Crippen LogP contribution in [0.2, 0.25) is 0 Å². The van der Waals surface area contributed by atoms with Gasteiger partial charge in [0.1, 0.15) is 5.82 Å². The largest absolute Gasteiger partial charge is 0.356 e. The first kappa shape index (κ1) is 15.6. The van der Waals surface area contributed by atoms with E-state index in [0.717, 1.165) is 37.5 Å². The highest BCUT2D eigenvalue weighted by atomic mass is 19.2. The van der Waals surface area contributed by atoms with Gasteiger partial charge in [0.2, 0.25) is 5.95 Å². The van der Waals surface area contributed by atoms with Crippen LogP contribution in [0.1, 0.15) is 19.8 Å². The summed E-state index contributed by atoms with van der Waals surface area (Å²) in [5, 5.41) is 2.60. The van der Waals surface area contributed by atoms with E-state index in [1.807, 2.05) is 0 Å². The number of aromatic nitrogens is 2. The van der Waals surface area contributed by atoms with E-state index >= 15 is 0 Å². The summed E-state index contributed by atoms with van der Waals surface area (Å²) in [6.07, 6.45) is 3.83. The summed E-state index contributed by atoms with van der Waals surface area (Å²) in [4.78, 5) is 10.5. The molecule has 2 aromatic rings. The molecule has 0 radical (unpaired) electrons. The Morgan fingerprint density at radius 2 is 2.00 bits per heavy atom. The molecule has 3 rings (SSSR count). The van der Waals surface area contributed by atoms with Crippen LogP contribution in [-0.4, -0.2) is 23.1 Å². The van der Waals surface area contributed by atoms with Gasteiger partial charge in [-0.2, -0.15) is 4.98 Å². The van der Waals surface area contributed by atoms with Crippen molar-refractivity contribution >= 4 is 17.5 Å². The van der Waals surface area contributed by atoms with E-state index in [0.29, 0.717) is 5.92 Å². The van der Waals surface area contributed by atoms with Crippen LogP contribution in [-0.2, 0) is 0 Å². The molecule has 1 saturated heterocycles. The second kappa shape index (κ2) is 6.44. The zero-order valence-corrected chi connectivity index (χ0v) is 12.7. The number of hydrogen-bond acceptors (Lipinski definition) is 4. The number of nitrogens with one attached hydrogen (secondary N) is 1. The van der Waals surface area contributed by atoms with Crippen molar-refractivity contribution in [1.29, 1.82) is 0 Å². The predicted molar refractivity (Wildman–Crippen MR) is 82.2 cm³/mol. The fraction of sp³-hybridized carbons (Fsp3) is 0.375. The first-order chi connectivity index (χ1) is 11.0. The second-order valence-electron chi connectivity index (χ2n) is 5.78. The molecule has 1 aliphatic heterocycles. The SMILES string of the molecule is CC1CCCN(c2ccnc(Nc3ccc(F)c(F)c3F)n2)C1. The molecule has 0 spiro atoms. The van der Waals surface area contributed by atoms with Crippen molar-refractivity contribution in [2.75, 3.05) is 23.3 Å². The fourth-order valence-corrected chi connectivity index (χ4v) is 2.73. The fourth-order valence-electron chi connectivity index (χ4n) is 2.73. The first-order valence-corrected chi connectivity index (χ1v) is 7.53. The molecule has 23 heavy (non-hydrogen) atoms. The Labute approximate surface area is 132 Å². The van der Waals surface area contributed by atoms with Crippen LogP contribution in [0.15, 0.2) is 24.4 Å². The maximum absolute atomic E-state index is 13.7. The van der Waals surface area contributed by atoms with Crippen molar-refractivity contribution in [3.05, 3.63) is 41.8 Å². The van der Waals surface area contributed by atoms with Gasteiger partial charge in [0, 0.05) is 19.3 Å². The molecule has 7 heteroatoms. The zero-order valence-electron chi connectivity index (χ0n) is 12.7. The molecule has 2 heterocycles. The monoisotopic (exact) mass is 322 g/mol. The molecule has 122 valence electrons. The van der Waals surface area contributed by atoms with Crippen LogP contribution < -0.4 is 10.2 Å². The lowest BCUT2D eigenvalue weighted by Gasteiger charge is -2.31. The highest BCUT2D eigenvalue weighted by molar-refractivity contribution is 5.56. The van der Waals surface area contributed by atoms with Gasteiger partial charge in [-0.05, 0) is 37.0 Å². The molecule has 1 aromatic heterocycles. The zero-order chi connectivity index (χ0) is 16.4. The number of anilines is 3. The summed E-state index contributed by atoms with van der Waals surface area (Å²) < 4.78 is 39.9. The van der Waals surface area contributed by atoms with Gasteiger partial charge in [0.15, 0.2) is 17.5 Å². The molecular weight excluding hydrogens is 305 g/mol. The van der Waals surface area contributed by atoms with E-state index in [1.54, 1.807) is 12.3 Å². The average molecular weight is 322 g/mol. The third-order valence-corrected chi connectivity index (χ3v) is 3.90. The average Bonchev–Trinajstić information content (AvgIpc) is 2.56. The van der Waals surface area contributed by atoms with E-state index in [9.17, 15) is 13.2 Å². The summed E-state index contributed by atoms with van der Waals surface area (Å²) in [6.45, 7) is 3.99. The third-order valence-electron chi connectivity index (χ3n) is 3.90. The Morgan fingerprint density at radius 3 is 2.78 bits per heavy atom. The minimum atomic E-state index is -1.52. The van der Waals surface area contributed by atoms with Crippen molar-refractivity contribution in [3.8, 4) is 0 Å². The minimum Gasteiger partial charge on any atom is -0.356 e. The van der Waals surface area contributed by atoms with Gasteiger partial charge >= 0.3 is 0 Å². The van der Waals surface area contributed by atoms with E-state index in [4.69, 9.17) is 0 Å². The lowest BCUT2D eigenvalue weighted by molar-refractivity contribution is 0.444. The third kappa shape index (κ3) is 3.38. The summed E-state index contributed by atoms with van der Waals surface area (Å²) >= 11 is 0. The molecule has 4 nitrogen and oxygen atoms in total. The second-order valence-corrected chi connectivity index (χ2v) is 5.78. The van der Waals surface area contributed by atoms with Crippen LogP contribution >= 0.6 is 0 Å². The molecule has 0 bridgehead atoms. The normalized spacial score (nSPS) is 18.1. The smallest absolute Gasteiger partial charge is 0.229 e. The molecule has 1 fully saturated rings. The number of nitrogens with zero attached hydrogens (tertiary/aromatic N) is 3. The van der Waals surface area contributed by atoms with Gasteiger partial charge in [-0.15, -0.1) is 0 Å². The molecule has 0 amide bonds. The van der Waals surface area contributed by atoms with Crippen LogP contribution in [0.25, 0.3) is 0 Å². The molecule has 1 N–H and O–H groups in total. The van der Waals surface area contributed by atoms with Crippen molar-refractivity contribution < 1.29 is 13.2 Å². The summed E-state index contributed by atoms with van der Waals surface area (Å²) in [5.74, 6) is -2.58. The van der Waals surface area contributed by atoms with Gasteiger partial charge in [-0.3, -0.25) is 0 Å². The molecule has 1 aromatic carbocycles. The summed E-state index contributed by atoms with van der Waals surface area (Å²) in [5.41, 5.74) is -0.201. The quantitative estimate of drug-likeness (QED) is 0.871. The first-order valence-electron chi connectivity index (χ1n) is 7.53. The van der Waals surface area contributed by atoms with Crippen LogP contribution in [0.4, 0.5) is 30.6 Å². The molecule has 0 aliphatic carbocycles. The van der Waals surface area contributed by atoms with E-state index in [2.05, 4.69) is 27.1 Å². The van der Waals surface area contributed by atoms with E-state index in [1.165, 1.54) is 6.42 Å². The Balaban J connectivity index is 1.82. The number of rotatable bonds is 3. The molecule has 1 aliphatic rings. The van der Waals surface area contributed by atoms with Crippen LogP contribution in [0.3, 0.4) is 0 Å². The summed E-state index contributed by atoms with van der Waals surface area (Å²) in [6, 6.07) is 3.76. The van der Waals surface area contributed by atoms with E-state index < -0.39 is 17.5 Å². The maximum Gasteiger partial charge on any atom is 0.229 e. The Morgan fingerprint density at radius 1 is 1.17 bits per heavy atom. The number of benzene rings is 1. The van der Waals surface area contributed by atoms with Crippen LogP contribution in [0, 0.1) is 23.4 Å². The predicted octanol–water partition coefficient (Wildman–Crippen LogP) is 3.87. The number of halogens is 3. The highest BCUT2D eigenvalue weighted by Crippen LogP contribution is 2.24. The number of hydrogen-bond donors (Lipinski definition) is 1. The van der Waals surface area contributed by atoms with Gasteiger partial charge < -0.3 is 10.2 Å². The highest BCUT2D eigenvalue weighted by Gasteiger charge is 2.19. The lowest BCUT2D eigenvalue weighted by Crippen LogP contribution is -2.34. The van der Waals surface area contributed by atoms with Gasteiger partial charge in [-0.25, -0.2) is 18.2 Å². The van der Waals surface area contributed by atoms with Crippen LogP contribution in [0.5, 0.6) is 0 Å². The molecular formula is C16H17F3N4. The van der Waals surface area contributed by atoms with Crippen molar-refractivity contribution in [1.82, 2.24) is 9.97 Å².